The Labute approximate surface area is 114 Å². The highest BCUT2D eigenvalue weighted by Crippen LogP contribution is 2.28. The zero-order valence-corrected chi connectivity index (χ0v) is 10.7. The van der Waals surface area contributed by atoms with Crippen LogP contribution in [0.15, 0.2) is 41.1 Å². The van der Waals surface area contributed by atoms with E-state index in [-0.39, 0.29) is 5.82 Å². The van der Waals surface area contributed by atoms with E-state index in [0.29, 0.717) is 23.2 Å². The molecular formula is C14H13FN4O. The minimum atomic E-state index is -0.309. The van der Waals surface area contributed by atoms with Crippen LogP contribution in [-0.2, 0) is 0 Å². The molecule has 102 valence electrons. The van der Waals surface area contributed by atoms with Gasteiger partial charge in [-0.25, -0.2) is 4.39 Å². The van der Waals surface area contributed by atoms with E-state index < -0.39 is 0 Å². The van der Waals surface area contributed by atoms with Crippen molar-refractivity contribution in [1.29, 1.82) is 0 Å². The smallest absolute Gasteiger partial charge is 0.298 e. The predicted octanol–water partition coefficient (Wildman–Crippen LogP) is 2.61. The standard InChI is InChI=1S/C14H13FN4O/c15-10-2-3-12-13(8-10)20-14(17-12)18-7-4-11(9-18)19-6-1-5-16-19/h1-3,5-6,8,11H,4,7,9H2. The molecule has 6 heteroatoms. The summed E-state index contributed by atoms with van der Waals surface area (Å²) in [6, 6.07) is 7.21. The number of oxazole rings is 1. The van der Waals surface area contributed by atoms with Gasteiger partial charge in [-0.15, -0.1) is 0 Å². The van der Waals surface area contributed by atoms with Crippen LogP contribution < -0.4 is 4.90 Å². The van der Waals surface area contributed by atoms with E-state index in [9.17, 15) is 4.39 Å². The Morgan fingerprint density at radius 3 is 3.15 bits per heavy atom. The van der Waals surface area contributed by atoms with Gasteiger partial charge in [-0.1, -0.05) is 0 Å². The highest BCUT2D eigenvalue weighted by atomic mass is 19.1. The second-order valence-corrected chi connectivity index (χ2v) is 4.98. The fourth-order valence-corrected chi connectivity index (χ4v) is 2.65. The van der Waals surface area contributed by atoms with Crippen molar-refractivity contribution in [3.05, 3.63) is 42.5 Å². The number of benzene rings is 1. The number of hydrogen-bond acceptors (Lipinski definition) is 4. The third-order valence-electron chi connectivity index (χ3n) is 3.67. The molecule has 2 aromatic heterocycles. The molecule has 0 saturated carbocycles. The van der Waals surface area contributed by atoms with Gasteiger partial charge in [0.05, 0.1) is 6.04 Å². The fraction of sp³-hybridized carbons (Fsp3) is 0.286. The van der Waals surface area contributed by atoms with E-state index in [0.717, 1.165) is 19.5 Å². The summed E-state index contributed by atoms with van der Waals surface area (Å²) in [5.74, 6) is -0.309. The highest BCUT2D eigenvalue weighted by molar-refractivity contribution is 5.74. The van der Waals surface area contributed by atoms with Crippen molar-refractivity contribution in [3.8, 4) is 0 Å². The number of rotatable bonds is 2. The summed E-state index contributed by atoms with van der Waals surface area (Å²) in [5, 5.41) is 4.27. The molecule has 0 aliphatic carbocycles. The van der Waals surface area contributed by atoms with Crippen molar-refractivity contribution in [2.24, 2.45) is 0 Å². The van der Waals surface area contributed by atoms with Gasteiger partial charge in [0.25, 0.3) is 6.01 Å². The molecule has 1 aromatic carbocycles. The Hall–Kier alpha value is -2.37. The Kier molecular flexibility index (Phi) is 2.48. The quantitative estimate of drug-likeness (QED) is 0.719. The molecule has 1 unspecified atom stereocenters. The maximum Gasteiger partial charge on any atom is 0.298 e. The highest BCUT2D eigenvalue weighted by Gasteiger charge is 2.27. The molecule has 20 heavy (non-hydrogen) atoms. The lowest BCUT2D eigenvalue weighted by Gasteiger charge is -2.13. The number of anilines is 1. The first-order chi connectivity index (χ1) is 9.79. The van der Waals surface area contributed by atoms with Crippen molar-refractivity contribution in [1.82, 2.24) is 14.8 Å². The van der Waals surface area contributed by atoms with Gasteiger partial charge in [-0.05, 0) is 24.6 Å². The van der Waals surface area contributed by atoms with Gasteiger partial charge in [-0.2, -0.15) is 10.1 Å². The largest absolute Gasteiger partial charge is 0.423 e. The van der Waals surface area contributed by atoms with E-state index in [1.807, 2.05) is 16.9 Å². The van der Waals surface area contributed by atoms with Crippen LogP contribution in [0.3, 0.4) is 0 Å². The SMILES string of the molecule is Fc1ccc2nc(N3CCC(n4cccn4)C3)oc2c1. The zero-order chi connectivity index (χ0) is 13.5. The molecule has 1 aliphatic heterocycles. The minimum absolute atomic E-state index is 0.309. The number of halogens is 1. The van der Waals surface area contributed by atoms with Gasteiger partial charge in [0.2, 0.25) is 0 Å². The van der Waals surface area contributed by atoms with Gasteiger partial charge in [-0.3, -0.25) is 4.68 Å². The molecule has 3 heterocycles. The van der Waals surface area contributed by atoms with Crippen LogP contribution in [0.25, 0.3) is 11.1 Å². The second-order valence-electron chi connectivity index (χ2n) is 4.98. The Balaban J connectivity index is 1.61. The van der Waals surface area contributed by atoms with E-state index in [2.05, 4.69) is 15.0 Å². The van der Waals surface area contributed by atoms with Gasteiger partial charge in [0.1, 0.15) is 11.3 Å². The Morgan fingerprint density at radius 1 is 1.35 bits per heavy atom. The van der Waals surface area contributed by atoms with E-state index >= 15 is 0 Å². The summed E-state index contributed by atoms with van der Waals surface area (Å²) in [4.78, 5) is 6.49. The van der Waals surface area contributed by atoms with Crippen LogP contribution in [0.2, 0.25) is 0 Å². The third kappa shape index (κ3) is 1.84. The Bertz CT molecular complexity index is 737. The number of hydrogen-bond donors (Lipinski definition) is 0. The summed E-state index contributed by atoms with van der Waals surface area (Å²) in [6.45, 7) is 1.66. The van der Waals surface area contributed by atoms with Crippen molar-refractivity contribution in [2.45, 2.75) is 12.5 Å². The van der Waals surface area contributed by atoms with Crippen LogP contribution in [0.4, 0.5) is 10.4 Å². The number of nitrogens with zero attached hydrogens (tertiary/aromatic N) is 4. The fourth-order valence-electron chi connectivity index (χ4n) is 2.65. The van der Waals surface area contributed by atoms with Crippen LogP contribution >= 0.6 is 0 Å². The van der Waals surface area contributed by atoms with E-state index in [1.54, 1.807) is 12.3 Å². The summed E-state index contributed by atoms with van der Waals surface area (Å²) in [6.07, 6.45) is 4.75. The van der Waals surface area contributed by atoms with Crippen LogP contribution in [0.1, 0.15) is 12.5 Å². The average Bonchev–Trinajstić information content (AvgIpc) is 3.17. The number of fused-ring (bicyclic) bond motifs is 1. The maximum absolute atomic E-state index is 13.2. The summed E-state index contributed by atoms with van der Waals surface area (Å²) in [7, 11) is 0. The first-order valence-corrected chi connectivity index (χ1v) is 6.60. The van der Waals surface area contributed by atoms with Crippen molar-refractivity contribution < 1.29 is 8.81 Å². The molecule has 3 aromatic rings. The molecule has 0 spiro atoms. The third-order valence-corrected chi connectivity index (χ3v) is 3.67. The molecular weight excluding hydrogens is 259 g/mol. The van der Waals surface area contributed by atoms with Crippen LogP contribution in [0.5, 0.6) is 0 Å². The first-order valence-electron chi connectivity index (χ1n) is 6.60. The number of aromatic nitrogens is 3. The van der Waals surface area contributed by atoms with Gasteiger partial charge >= 0.3 is 0 Å². The predicted molar refractivity (Wildman–Crippen MR) is 72.1 cm³/mol. The summed E-state index contributed by atoms with van der Waals surface area (Å²) < 4.78 is 20.8. The lowest BCUT2D eigenvalue weighted by Crippen LogP contribution is -2.21. The maximum atomic E-state index is 13.2. The normalized spacial score (nSPS) is 19.1. The van der Waals surface area contributed by atoms with Crippen LogP contribution in [-0.4, -0.2) is 27.9 Å². The molecule has 0 bridgehead atoms. The Morgan fingerprint density at radius 2 is 2.30 bits per heavy atom. The summed E-state index contributed by atoms with van der Waals surface area (Å²) >= 11 is 0. The van der Waals surface area contributed by atoms with Crippen molar-refractivity contribution >= 4 is 17.1 Å². The van der Waals surface area contributed by atoms with Crippen molar-refractivity contribution in [2.75, 3.05) is 18.0 Å². The van der Waals surface area contributed by atoms with Gasteiger partial charge in [0.15, 0.2) is 5.58 Å². The first kappa shape index (κ1) is 11.5. The molecule has 5 nitrogen and oxygen atoms in total. The lowest BCUT2D eigenvalue weighted by atomic mass is 10.3. The monoisotopic (exact) mass is 272 g/mol. The topological polar surface area (TPSA) is 47.1 Å². The van der Waals surface area contributed by atoms with Gasteiger partial charge < -0.3 is 9.32 Å². The molecule has 1 atom stereocenters. The molecule has 4 rings (SSSR count). The molecule has 1 aliphatic rings. The molecule has 1 saturated heterocycles. The van der Waals surface area contributed by atoms with Crippen LogP contribution in [0, 0.1) is 5.82 Å². The average molecular weight is 272 g/mol. The van der Waals surface area contributed by atoms with Gasteiger partial charge in [0, 0.05) is 31.5 Å². The molecule has 0 radical (unpaired) electrons. The molecule has 0 amide bonds. The lowest BCUT2D eigenvalue weighted by molar-refractivity contribution is 0.490. The van der Waals surface area contributed by atoms with Crippen molar-refractivity contribution in [3.63, 3.8) is 0 Å². The molecule has 0 N–H and O–H groups in total. The zero-order valence-electron chi connectivity index (χ0n) is 10.7. The van der Waals surface area contributed by atoms with E-state index in [1.165, 1.54) is 12.1 Å². The minimum Gasteiger partial charge on any atom is -0.423 e. The van der Waals surface area contributed by atoms with E-state index in [4.69, 9.17) is 4.42 Å². The second kappa shape index (κ2) is 4.33. The summed E-state index contributed by atoms with van der Waals surface area (Å²) in [5.41, 5.74) is 1.17. The molecule has 1 fully saturated rings.